The van der Waals surface area contributed by atoms with Crippen molar-refractivity contribution < 1.29 is 14.3 Å². The molecule has 0 saturated heterocycles. The van der Waals surface area contributed by atoms with Crippen LogP contribution in [0.2, 0.25) is 0 Å². The number of carbonyl (C=O) groups excluding carboxylic acids is 1. The average molecular weight is 309 g/mol. The van der Waals surface area contributed by atoms with E-state index in [-0.39, 0.29) is 17.9 Å². The smallest absolute Gasteiger partial charge is 0.220 e. The molecule has 1 atom stereocenters. The molecule has 0 heterocycles. The van der Waals surface area contributed by atoms with Gasteiger partial charge in [-0.05, 0) is 18.4 Å². The number of methoxy groups -OCH3 is 2. The maximum Gasteiger partial charge on any atom is 0.220 e. The summed E-state index contributed by atoms with van der Waals surface area (Å²) in [7, 11) is 3.23. The van der Waals surface area contributed by atoms with Crippen LogP contribution >= 0.6 is 0 Å². The lowest BCUT2D eigenvalue weighted by atomic mass is 9.96. The van der Waals surface area contributed by atoms with Gasteiger partial charge in [-0.25, -0.2) is 0 Å². The van der Waals surface area contributed by atoms with Gasteiger partial charge in [0.25, 0.3) is 0 Å². The van der Waals surface area contributed by atoms with Crippen LogP contribution in [-0.2, 0) is 14.3 Å². The van der Waals surface area contributed by atoms with Gasteiger partial charge in [-0.15, -0.1) is 0 Å². The van der Waals surface area contributed by atoms with Crippen LogP contribution in [0.1, 0.15) is 44.2 Å². The number of amides is 1. The van der Waals surface area contributed by atoms with E-state index in [0.29, 0.717) is 19.6 Å². The lowest BCUT2D eigenvalue weighted by Gasteiger charge is -2.18. The Hall–Kier alpha value is -1.39. The van der Waals surface area contributed by atoms with E-state index in [1.807, 2.05) is 13.8 Å². The Morgan fingerprint density at radius 1 is 1.09 bits per heavy atom. The van der Waals surface area contributed by atoms with Crippen LogP contribution in [0, 0.1) is 6.92 Å². The van der Waals surface area contributed by atoms with Gasteiger partial charge in [0, 0.05) is 20.6 Å². The van der Waals surface area contributed by atoms with Gasteiger partial charge in [-0.3, -0.25) is 4.79 Å². The summed E-state index contributed by atoms with van der Waals surface area (Å²) in [4.78, 5) is 12.0. The van der Waals surface area contributed by atoms with Crippen molar-refractivity contribution in [1.82, 2.24) is 5.32 Å². The topological polar surface area (TPSA) is 47.6 Å². The molecule has 0 saturated carbocycles. The highest BCUT2D eigenvalue weighted by atomic mass is 16.5. The Morgan fingerprint density at radius 2 is 1.59 bits per heavy atom. The largest absolute Gasteiger partial charge is 0.382 e. The molecule has 1 aromatic rings. The molecule has 1 N–H and O–H groups in total. The zero-order valence-electron chi connectivity index (χ0n) is 14.8. The Kier molecular flexibility index (Phi) is 11.4. The lowest BCUT2D eigenvalue weighted by Crippen LogP contribution is -2.41. The van der Waals surface area contributed by atoms with E-state index in [1.165, 1.54) is 11.1 Å². The Bertz CT molecular complexity index is 397. The van der Waals surface area contributed by atoms with E-state index < -0.39 is 0 Å². The number of aryl methyl sites for hydroxylation is 1. The number of hydrogen-bond acceptors (Lipinski definition) is 3. The summed E-state index contributed by atoms with van der Waals surface area (Å²) in [6.07, 6.45) is 0.465. The normalized spacial score (nSPS) is 11.6. The second kappa shape index (κ2) is 12.2. The van der Waals surface area contributed by atoms with Crippen molar-refractivity contribution in [2.45, 2.75) is 46.1 Å². The number of nitrogens with one attached hydrogen (secondary N) is 1. The quantitative estimate of drug-likeness (QED) is 0.801. The van der Waals surface area contributed by atoms with Gasteiger partial charge in [-0.1, -0.05) is 50.6 Å². The van der Waals surface area contributed by atoms with E-state index in [4.69, 9.17) is 9.47 Å². The Balaban J connectivity index is 0.00000211. The zero-order chi connectivity index (χ0) is 17.0. The van der Waals surface area contributed by atoms with Crippen molar-refractivity contribution in [2.75, 3.05) is 27.4 Å². The summed E-state index contributed by atoms with van der Waals surface area (Å²) < 4.78 is 10.1. The zero-order valence-corrected chi connectivity index (χ0v) is 14.8. The number of ether oxygens (including phenoxy) is 2. The van der Waals surface area contributed by atoms with Gasteiger partial charge >= 0.3 is 0 Å². The van der Waals surface area contributed by atoms with E-state index in [0.717, 1.165) is 0 Å². The van der Waals surface area contributed by atoms with Crippen LogP contribution in [0.25, 0.3) is 0 Å². The predicted octanol–water partition coefficient (Wildman–Crippen LogP) is 3.29. The molecule has 0 aliphatic heterocycles. The number of hydrogen-bond donors (Lipinski definition) is 1. The first-order valence-electron chi connectivity index (χ1n) is 7.90. The van der Waals surface area contributed by atoms with Crippen LogP contribution in [-0.4, -0.2) is 39.4 Å². The molecule has 0 aliphatic carbocycles. The Labute approximate surface area is 135 Å². The van der Waals surface area contributed by atoms with Crippen LogP contribution in [0.5, 0.6) is 0 Å². The molecule has 4 heteroatoms. The summed E-state index contributed by atoms with van der Waals surface area (Å²) in [6.45, 7) is 9.03. The van der Waals surface area contributed by atoms with Gasteiger partial charge in [0.15, 0.2) is 0 Å². The first-order chi connectivity index (χ1) is 10.6. The summed E-state index contributed by atoms with van der Waals surface area (Å²) >= 11 is 0. The second-order valence-electron chi connectivity index (χ2n) is 5.19. The monoisotopic (exact) mass is 309 g/mol. The van der Waals surface area contributed by atoms with E-state index in [1.54, 1.807) is 14.2 Å². The van der Waals surface area contributed by atoms with Gasteiger partial charge in [0.2, 0.25) is 5.91 Å². The third-order valence-corrected chi connectivity index (χ3v) is 3.24. The molecule has 0 aromatic heterocycles. The molecule has 1 rings (SSSR count). The predicted molar refractivity (Wildman–Crippen MR) is 91.2 cm³/mol. The van der Waals surface area contributed by atoms with E-state index in [9.17, 15) is 4.79 Å². The summed E-state index contributed by atoms with van der Waals surface area (Å²) in [5, 5.41) is 2.94. The van der Waals surface area contributed by atoms with Crippen LogP contribution in [0.4, 0.5) is 0 Å². The minimum atomic E-state index is -0.0947. The van der Waals surface area contributed by atoms with Gasteiger partial charge < -0.3 is 14.8 Å². The molecular weight excluding hydrogens is 278 g/mol. The highest BCUT2D eigenvalue weighted by Gasteiger charge is 2.15. The highest BCUT2D eigenvalue weighted by molar-refractivity contribution is 5.77. The molecule has 4 nitrogen and oxygen atoms in total. The van der Waals surface area contributed by atoms with Gasteiger partial charge in [0.05, 0.1) is 19.3 Å². The van der Waals surface area contributed by atoms with Crippen molar-refractivity contribution in [3.05, 3.63) is 35.4 Å². The van der Waals surface area contributed by atoms with E-state index >= 15 is 0 Å². The fourth-order valence-electron chi connectivity index (χ4n) is 2.11. The first-order valence-corrected chi connectivity index (χ1v) is 7.90. The molecule has 126 valence electrons. The van der Waals surface area contributed by atoms with Gasteiger partial charge in [0.1, 0.15) is 0 Å². The Morgan fingerprint density at radius 3 is 2.05 bits per heavy atom. The fourth-order valence-corrected chi connectivity index (χ4v) is 2.11. The summed E-state index contributed by atoms with van der Waals surface area (Å²) in [5.41, 5.74) is 2.41. The van der Waals surface area contributed by atoms with Crippen molar-refractivity contribution >= 4 is 5.91 Å². The third-order valence-electron chi connectivity index (χ3n) is 3.24. The van der Waals surface area contributed by atoms with Crippen molar-refractivity contribution in [2.24, 2.45) is 0 Å². The molecule has 1 aromatic carbocycles. The molecule has 0 bridgehead atoms. The van der Waals surface area contributed by atoms with Crippen molar-refractivity contribution in [1.29, 1.82) is 0 Å². The fraction of sp³-hybridized carbons (Fsp3) is 0.611. The highest BCUT2D eigenvalue weighted by Crippen LogP contribution is 2.19. The first kappa shape index (κ1) is 20.6. The molecular formula is C18H31NO3. The third kappa shape index (κ3) is 8.15. The standard InChI is InChI=1S/C16H25NO3.C2H6/c1-12-5-7-14(8-6-12)13(2)9-16(18)17-15(10-19-3)11-20-4;1-2/h5-8,13,15H,9-11H2,1-4H3,(H,17,18);1-2H3. The number of benzene rings is 1. The van der Waals surface area contributed by atoms with Crippen LogP contribution in [0.15, 0.2) is 24.3 Å². The van der Waals surface area contributed by atoms with Crippen molar-refractivity contribution in [3.63, 3.8) is 0 Å². The van der Waals surface area contributed by atoms with Crippen LogP contribution in [0.3, 0.4) is 0 Å². The molecule has 0 spiro atoms. The summed E-state index contributed by atoms with van der Waals surface area (Å²) in [6, 6.07) is 8.21. The molecule has 0 radical (unpaired) electrons. The molecule has 0 fully saturated rings. The molecule has 0 aliphatic rings. The maximum atomic E-state index is 12.0. The minimum absolute atomic E-state index is 0.0252. The molecule has 22 heavy (non-hydrogen) atoms. The SMILES string of the molecule is CC.COCC(COC)NC(=O)CC(C)c1ccc(C)cc1. The molecule has 1 amide bonds. The minimum Gasteiger partial charge on any atom is -0.382 e. The molecule has 1 unspecified atom stereocenters. The van der Waals surface area contributed by atoms with E-state index in [2.05, 4.69) is 43.4 Å². The average Bonchev–Trinajstić information content (AvgIpc) is 2.50. The number of carbonyl (C=O) groups is 1. The van der Waals surface area contributed by atoms with Gasteiger partial charge in [-0.2, -0.15) is 0 Å². The number of rotatable bonds is 8. The maximum absolute atomic E-state index is 12.0. The van der Waals surface area contributed by atoms with Crippen LogP contribution < -0.4 is 5.32 Å². The van der Waals surface area contributed by atoms with Crippen molar-refractivity contribution in [3.8, 4) is 0 Å². The summed E-state index contributed by atoms with van der Waals surface area (Å²) in [5.74, 6) is 0.221. The lowest BCUT2D eigenvalue weighted by molar-refractivity contribution is -0.122. The second-order valence-corrected chi connectivity index (χ2v) is 5.19.